The van der Waals surface area contributed by atoms with Gasteiger partial charge in [-0.05, 0) is 24.5 Å². The van der Waals surface area contributed by atoms with Crippen molar-refractivity contribution < 1.29 is 4.92 Å². The first-order chi connectivity index (χ1) is 9.26. The van der Waals surface area contributed by atoms with Crippen LogP contribution in [0.2, 0.25) is 0 Å². The summed E-state index contributed by atoms with van der Waals surface area (Å²) in [5.41, 5.74) is 2.77. The standard InChI is InChI=1S/C15H19N3O2/c1-10-7-14(16-9-15(2,3)4)12-8-11(18(19)20)5-6-13(12)17-10/h5-8H,9H2,1-4H3,(H,16,17). The highest BCUT2D eigenvalue weighted by molar-refractivity contribution is 5.93. The van der Waals surface area contributed by atoms with Crippen LogP contribution in [0.25, 0.3) is 10.9 Å². The zero-order valence-corrected chi connectivity index (χ0v) is 12.2. The van der Waals surface area contributed by atoms with E-state index in [1.807, 2.05) is 13.0 Å². The van der Waals surface area contributed by atoms with Gasteiger partial charge in [0.25, 0.3) is 5.69 Å². The number of aryl methyl sites for hydroxylation is 1. The summed E-state index contributed by atoms with van der Waals surface area (Å²) >= 11 is 0. The maximum absolute atomic E-state index is 10.9. The fraction of sp³-hybridized carbons (Fsp3) is 0.400. The van der Waals surface area contributed by atoms with Gasteiger partial charge in [0.15, 0.2) is 0 Å². The Morgan fingerprint density at radius 1 is 1.30 bits per heavy atom. The minimum absolute atomic E-state index is 0.0851. The molecule has 5 nitrogen and oxygen atoms in total. The van der Waals surface area contributed by atoms with E-state index in [4.69, 9.17) is 0 Å². The quantitative estimate of drug-likeness (QED) is 0.680. The number of nitro groups is 1. The van der Waals surface area contributed by atoms with Crippen LogP contribution in [0.5, 0.6) is 0 Å². The van der Waals surface area contributed by atoms with Gasteiger partial charge in [-0.2, -0.15) is 0 Å². The Morgan fingerprint density at radius 2 is 2.00 bits per heavy atom. The molecule has 0 saturated carbocycles. The van der Waals surface area contributed by atoms with Crippen molar-refractivity contribution >= 4 is 22.3 Å². The van der Waals surface area contributed by atoms with E-state index in [1.54, 1.807) is 12.1 Å². The van der Waals surface area contributed by atoms with Crippen molar-refractivity contribution in [2.45, 2.75) is 27.7 Å². The molecule has 1 N–H and O–H groups in total. The molecular formula is C15H19N3O2. The zero-order valence-electron chi connectivity index (χ0n) is 12.2. The Balaban J connectivity index is 2.50. The molecule has 5 heteroatoms. The van der Waals surface area contributed by atoms with Crippen molar-refractivity contribution in [3.63, 3.8) is 0 Å². The summed E-state index contributed by atoms with van der Waals surface area (Å²) in [4.78, 5) is 14.9. The Morgan fingerprint density at radius 3 is 2.60 bits per heavy atom. The lowest BCUT2D eigenvalue weighted by molar-refractivity contribution is -0.384. The van der Waals surface area contributed by atoms with Gasteiger partial charge in [-0.25, -0.2) is 0 Å². The highest BCUT2D eigenvalue weighted by atomic mass is 16.6. The number of hydrogen-bond acceptors (Lipinski definition) is 4. The molecule has 1 heterocycles. The predicted molar refractivity (Wildman–Crippen MR) is 81.1 cm³/mol. The molecule has 2 rings (SSSR count). The second kappa shape index (κ2) is 5.07. The number of pyridine rings is 1. The third kappa shape index (κ3) is 3.23. The van der Waals surface area contributed by atoms with Gasteiger partial charge in [-0.1, -0.05) is 20.8 Å². The number of nitrogens with zero attached hydrogens (tertiary/aromatic N) is 2. The van der Waals surface area contributed by atoms with E-state index in [9.17, 15) is 10.1 Å². The summed E-state index contributed by atoms with van der Waals surface area (Å²) in [6.45, 7) is 9.12. The summed E-state index contributed by atoms with van der Waals surface area (Å²) in [6.07, 6.45) is 0. The highest BCUT2D eigenvalue weighted by Gasteiger charge is 2.13. The normalized spacial score (nSPS) is 11.6. The second-order valence-corrected chi connectivity index (χ2v) is 6.18. The second-order valence-electron chi connectivity index (χ2n) is 6.18. The monoisotopic (exact) mass is 273 g/mol. The third-order valence-electron chi connectivity index (χ3n) is 2.94. The third-order valence-corrected chi connectivity index (χ3v) is 2.94. The predicted octanol–water partition coefficient (Wildman–Crippen LogP) is 3.91. The fourth-order valence-corrected chi connectivity index (χ4v) is 1.97. The maximum atomic E-state index is 10.9. The van der Waals surface area contributed by atoms with Crippen LogP contribution in [0.3, 0.4) is 0 Å². The van der Waals surface area contributed by atoms with Crippen molar-refractivity contribution in [2.75, 3.05) is 11.9 Å². The lowest BCUT2D eigenvalue weighted by atomic mass is 9.96. The van der Waals surface area contributed by atoms with Gasteiger partial charge in [-0.15, -0.1) is 0 Å². The highest BCUT2D eigenvalue weighted by Crippen LogP contribution is 2.28. The van der Waals surface area contributed by atoms with Gasteiger partial charge < -0.3 is 5.32 Å². The topological polar surface area (TPSA) is 68.1 Å². The Bertz CT molecular complexity index is 660. The van der Waals surface area contributed by atoms with E-state index in [-0.39, 0.29) is 16.0 Å². The number of rotatable bonds is 3. The molecule has 0 aliphatic rings. The molecule has 106 valence electrons. The number of benzene rings is 1. The summed E-state index contributed by atoms with van der Waals surface area (Å²) in [5.74, 6) is 0. The van der Waals surface area contributed by atoms with Gasteiger partial charge in [0, 0.05) is 35.4 Å². The van der Waals surface area contributed by atoms with Crippen LogP contribution in [-0.2, 0) is 0 Å². The Hall–Kier alpha value is -2.17. The summed E-state index contributed by atoms with van der Waals surface area (Å²) in [7, 11) is 0. The largest absolute Gasteiger partial charge is 0.384 e. The van der Waals surface area contributed by atoms with Crippen molar-refractivity contribution in [2.24, 2.45) is 5.41 Å². The van der Waals surface area contributed by atoms with Crippen LogP contribution in [0.15, 0.2) is 24.3 Å². The van der Waals surface area contributed by atoms with E-state index in [0.29, 0.717) is 0 Å². The Labute approximate surface area is 118 Å². The average molecular weight is 273 g/mol. The SMILES string of the molecule is Cc1cc(NCC(C)(C)C)c2cc([N+](=O)[O-])ccc2n1. The Kier molecular flexibility index (Phi) is 3.61. The summed E-state index contributed by atoms with van der Waals surface area (Å²) in [5, 5.41) is 15.1. The minimum Gasteiger partial charge on any atom is -0.384 e. The molecule has 0 bridgehead atoms. The molecule has 0 saturated heterocycles. The number of nitro benzene ring substituents is 1. The van der Waals surface area contributed by atoms with E-state index in [2.05, 4.69) is 31.1 Å². The van der Waals surface area contributed by atoms with Gasteiger partial charge in [0.05, 0.1) is 10.4 Å². The average Bonchev–Trinajstić information content (AvgIpc) is 2.34. The molecule has 0 atom stereocenters. The van der Waals surface area contributed by atoms with E-state index >= 15 is 0 Å². The molecule has 0 radical (unpaired) electrons. The molecule has 0 aliphatic heterocycles. The number of fused-ring (bicyclic) bond motifs is 1. The maximum Gasteiger partial charge on any atom is 0.270 e. The molecule has 0 amide bonds. The smallest absolute Gasteiger partial charge is 0.270 e. The number of aromatic nitrogens is 1. The van der Waals surface area contributed by atoms with Crippen LogP contribution in [-0.4, -0.2) is 16.5 Å². The summed E-state index contributed by atoms with van der Waals surface area (Å²) in [6, 6.07) is 6.69. The van der Waals surface area contributed by atoms with Gasteiger partial charge >= 0.3 is 0 Å². The first-order valence-electron chi connectivity index (χ1n) is 6.56. The minimum atomic E-state index is -0.382. The van der Waals surface area contributed by atoms with Crippen LogP contribution in [0.4, 0.5) is 11.4 Å². The number of nitrogens with one attached hydrogen (secondary N) is 1. The van der Waals surface area contributed by atoms with Crippen molar-refractivity contribution in [1.82, 2.24) is 4.98 Å². The zero-order chi connectivity index (χ0) is 14.9. The molecule has 1 aromatic carbocycles. The summed E-state index contributed by atoms with van der Waals surface area (Å²) < 4.78 is 0. The van der Waals surface area contributed by atoms with Crippen molar-refractivity contribution in [3.8, 4) is 0 Å². The first kappa shape index (κ1) is 14.2. The van der Waals surface area contributed by atoms with Crippen LogP contribution in [0, 0.1) is 22.5 Å². The lowest BCUT2D eigenvalue weighted by Crippen LogP contribution is -2.19. The van der Waals surface area contributed by atoms with Gasteiger partial charge in [0.2, 0.25) is 0 Å². The fourth-order valence-electron chi connectivity index (χ4n) is 1.97. The van der Waals surface area contributed by atoms with Gasteiger partial charge in [0.1, 0.15) is 0 Å². The molecule has 1 aromatic heterocycles. The number of non-ortho nitro benzene ring substituents is 1. The number of anilines is 1. The molecule has 2 aromatic rings. The molecule has 0 spiro atoms. The van der Waals surface area contributed by atoms with E-state index in [0.717, 1.165) is 28.8 Å². The molecule has 0 fully saturated rings. The van der Waals surface area contributed by atoms with Crippen LogP contribution < -0.4 is 5.32 Å². The lowest BCUT2D eigenvalue weighted by Gasteiger charge is -2.20. The van der Waals surface area contributed by atoms with E-state index in [1.165, 1.54) is 6.07 Å². The van der Waals surface area contributed by atoms with Gasteiger partial charge in [-0.3, -0.25) is 15.1 Å². The van der Waals surface area contributed by atoms with E-state index < -0.39 is 0 Å². The molecular weight excluding hydrogens is 254 g/mol. The van der Waals surface area contributed by atoms with Crippen LogP contribution in [0.1, 0.15) is 26.5 Å². The van der Waals surface area contributed by atoms with Crippen molar-refractivity contribution in [3.05, 3.63) is 40.1 Å². The van der Waals surface area contributed by atoms with Crippen LogP contribution >= 0.6 is 0 Å². The number of hydrogen-bond donors (Lipinski definition) is 1. The first-order valence-corrected chi connectivity index (χ1v) is 6.56. The molecule has 0 aliphatic carbocycles. The molecule has 0 unspecified atom stereocenters. The molecule has 20 heavy (non-hydrogen) atoms. The van der Waals surface area contributed by atoms with Crippen molar-refractivity contribution in [1.29, 1.82) is 0 Å².